The first-order valence-corrected chi connectivity index (χ1v) is 11.1. The summed E-state index contributed by atoms with van der Waals surface area (Å²) in [4.78, 5) is 27.3. The van der Waals surface area contributed by atoms with Crippen LogP contribution in [0.5, 0.6) is 0 Å². The maximum atomic E-state index is 14.2. The van der Waals surface area contributed by atoms with Gasteiger partial charge in [0.1, 0.15) is 11.6 Å². The summed E-state index contributed by atoms with van der Waals surface area (Å²) in [5.74, 6) is 0.255. The zero-order valence-electron chi connectivity index (χ0n) is 18.8. The number of benzene rings is 2. The van der Waals surface area contributed by atoms with Crippen LogP contribution in [0.4, 0.5) is 10.1 Å². The molecule has 1 aliphatic carbocycles. The number of rotatable bonds is 7. The van der Waals surface area contributed by atoms with E-state index >= 15 is 0 Å². The van der Waals surface area contributed by atoms with Crippen LogP contribution in [0.3, 0.4) is 0 Å². The van der Waals surface area contributed by atoms with Gasteiger partial charge in [0.25, 0.3) is 5.91 Å². The molecule has 4 rings (SSSR count). The first kappa shape index (κ1) is 22.7. The Morgan fingerprint density at radius 3 is 2.73 bits per heavy atom. The second-order valence-electron chi connectivity index (χ2n) is 8.41. The minimum Gasteiger partial charge on any atom is -0.467 e. The molecule has 0 fully saturated rings. The van der Waals surface area contributed by atoms with Gasteiger partial charge in [-0.15, -0.1) is 0 Å². The topological polar surface area (TPSA) is 74.6 Å². The number of hydrogen-bond donors (Lipinski definition) is 2. The molecule has 33 heavy (non-hydrogen) atoms. The van der Waals surface area contributed by atoms with Crippen molar-refractivity contribution in [3.8, 4) is 0 Å². The monoisotopic (exact) mass is 449 g/mol. The Balaban J connectivity index is 1.44. The highest BCUT2D eigenvalue weighted by Gasteiger charge is 2.29. The summed E-state index contributed by atoms with van der Waals surface area (Å²) in [6.07, 6.45) is 3.11. The summed E-state index contributed by atoms with van der Waals surface area (Å²) < 4.78 is 19.5. The maximum absolute atomic E-state index is 14.2. The summed E-state index contributed by atoms with van der Waals surface area (Å²) >= 11 is 0. The van der Waals surface area contributed by atoms with Crippen LogP contribution in [0.15, 0.2) is 65.3 Å². The van der Waals surface area contributed by atoms with E-state index in [1.807, 2.05) is 6.07 Å². The molecule has 0 bridgehead atoms. The normalized spacial score (nSPS) is 17.3. The molecule has 2 aromatic carbocycles. The van der Waals surface area contributed by atoms with Gasteiger partial charge in [-0.1, -0.05) is 31.2 Å². The molecule has 2 atom stereocenters. The number of furan rings is 1. The maximum Gasteiger partial charge on any atom is 0.253 e. The lowest BCUT2D eigenvalue weighted by Crippen LogP contribution is -2.40. The Kier molecular flexibility index (Phi) is 6.89. The molecule has 0 radical (unpaired) electrons. The lowest BCUT2D eigenvalue weighted by atomic mass is 9.80. The predicted octanol–water partition coefficient (Wildman–Crippen LogP) is 4.22. The average Bonchev–Trinajstić information content (AvgIpc) is 3.35. The number of nitrogens with zero attached hydrogens (tertiary/aromatic N) is 1. The molecular weight excluding hydrogens is 421 g/mol. The molecule has 0 spiro atoms. The lowest BCUT2D eigenvalue weighted by molar-refractivity contribution is -0.117. The molecule has 1 aliphatic rings. The third kappa shape index (κ3) is 4.98. The molecule has 2 amide bonds. The van der Waals surface area contributed by atoms with Gasteiger partial charge in [-0.05, 0) is 60.2 Å². The Labute approximate surface area is 192 Å². The Bertz CT molecular complexity index is 1130. The zero-order chi connectivity index (χ0) is 23.4. The van der Waals surface area contributed by atoms with E-state index in [1.54, 1.807) is 55.8 Å². The van der Waals surface area contributed by atoms with Gasteiger partial charge in [-0.3, -0.25) is 9.59 Å². The van der Waals surface area contributed by atoms with E-state index in [0.717, 1.165) is 17.5 Å². The molecule has 6 nitrogen and oxygen atoms in total. The summed E-state index contributed by atoms with van der Waals surface area (Å²) in [5.41, 5.74) is 2.57. The van der Waals surface area contributed by atoms with Crippen molar-refractivity contribution in [3.05, 3.63) is 89.1 Å². The van der Waals surface area contributed by atoms with Gasteiger partial charge in [-0.25, -0.2) is 4.39 Å². The van der Waals surface area contributed by atoms with Gasteiger partial charge >= 0.3 is 0 Å². The van der Waals surface area contributed by atoms with Gasteiger partial charge in [-0.2, -0.15) is 0 Å². The first-order chi connectivity index (χ1) is 16.0. The molecular formula is C26H28FN3O3. The van der Waals surface area contributed by atoms with Crippen LogP contribution in [-0.4, -0.2) is 25.4 Å². The van der Waals surface area contributed by atoms with Crippen molar-refractivity contribution in [2.45, 2.75) is 32.4 Å². The second kappa shape index (κ2) is 10.0. The highest BCUT2D eigenvalue weighted by molar-refractivity contribution is 6.05. The summed E-state index contributed by atoms with van der Waals surface area (Å²) in [6, 6.07) is 15.5. The molecule has 3 aromatic rings. The SMILES string of the molecule is C[C@H]1CCc2c(F)cccc2[C@H]1NCC(=O)N(C)c1ccccc1C(=O)NCc1ccco1. The fraction of sp³-hybridized carbons (Fsp3) is 0.308. The van der Waals surface area contributed by atoms with E-state index in [1.165, 1.54) is 11.0 Å². The quantitative estimate of drug-likeness (QED) is 0.566. The van der Waals surface area contributed by atoms with Crippen molar-refractivity contribution >= 4 is 17.5 Å². The van der Waals surface area contributed by atoms with Crippen LogP contribution in [0, 0.1) is 11.7 Å². The highest BCUT2D eigenvalue weighted by Crippen LogP contribution is 2.35. The number of amides is 2. The van der Waals surface area contributed by atoms with E-state index in [2.05, 4.69) is 17.6 Å². The minimum absolute atomic E-state index is 0.0732. The number of likely N-dealkylation sites (N-methyl/N-ethyl adjacent to an activating group) is 1. The van der Waals surface area contributed by atoms with Crippen molar-refractivity contribution in [2.75, 3.05) is 18.5 Å². The molecule has 172 valence electrons. The van der Waals surface area contributed by atoms with Crippen LogP contribution < -0.4 is 15.5 Å². The third-order valence-corrected chi connectivity index (χ3v) is 6.27. The summed E-state index contributed by atoms with van der Waals surface area (Å²) in [7, 11) is 1.65. The minimum atomic E-state index is -0.292. The number of halogens is 1. The van der Waals surface area contributed by atoms with E-state index in [0.29, 0.717) is 23.4 Å². The number of anilines is 1. The van der Waals surface area contributed by atoms with Gasteiger partial charge in [0.05, 0.1) is 30.6 Å². The molecule has 0 aliphatic heterocycles. The molecule has 0 saturated carbocycles. The zero-order valence-corrected chi connectivity index (χ0v) is 18.8. The number of carbonyl (C=O) groups is 2. The molecule has 0 saturated heterocycles. The van der Waals surface area contributed by atoms with Gasteiger partial charge in [0, 0.05) is 13.1 Å². The summed E-state index contributed by atoms with van der Waals surface area (Å²) in [5, 5.41) is 6.15. The van der Waals surface area contributed by atoms with E-state index in [4.69, 9.17) is 4.42 Å². The van der Waals surface area contributed by atoms with Gasteiger partial charge in [0.2, 0.25) is 5.91 Å². The van der Waals surface area contributed by atoms with Crippen molar-refractivity contribution < 1.29 is 18.4 Å². The van der Waals surface area contributed by atoms with Gasteiger partial charge in [0.15, 0.2) is 0 Å². The largest absolute Gasteiger partial charge is 0.467 e. The third-order valence-electron chi connectivity index (χ3n) is 6.27. The van der Waals surface area contributed by atoms with Crippen molar-refractivity contribution in [1.29, 1.82) is 0 Å². The van der Waals surface area contributed by atoms with Crippen LogP contribution in [0.2, 0.25) is 0 Å². The lowest BCUT2D eigenvalue weighted by Gasteiger charge is -2.33. The summed E-state index contributed by atoms with van der Waals surface area (Å²) in [6.45, 7) is 2.44. The number of para-hydroxylation sites is 1. The smallest absolute Gasteiger partial charge is 0.253 e. The fourth-order valence-corrected chi connectivity index (χ4v) is 4.37. The highest BCUT2D eigenvalue weighted by atomic mass is 19.1. The first-order valence-electron chi connectivity index (χ1n) is 11.1. The van der Waals surface area contributed by atoms with Crippen LogP contribution in [-0.2, 0) is 17.8 Å². The van der Waals surface area contributed by atoms with E-state index in [9.17, 15) is 14.0 Å². The van der Waals surface area contributed by atoms with Crippen molar-refractivity contribution in [3.63, 3.8) is 0 Å². The predicted molar refractivity (Wildman–Crippen MR) is 124 cm³/mol. The van der Waals surface area contributed by atoms with Crippen molar-refractivity contribution in [2.24, 2.45) is 5.92 Å². The number of hydrogen-bond acceptors (Lipinski definition) is 4. The van der Waals surface area contributed by atoms with Crippen LogP contribution >= 0.6 is 0 Å². The number of fused-ring (bicyclic) bond motifs is 1. The second-order valence-corrected chi connectivity index (χ2v) is 8.41. The van der Waals surface area contributed by atoms with Crippen LogP contribution in [0.25, 0.3) is 0 Å². The van der Waals surface area contributed by atoms with Crippen molar-refractivity contribution in [1.82, 2.24) is 10.6 Å². The van der Waals surface area contributed by atoms with E-state index < -0.39 is 0 Å². The molecule has 0 unspecified atom stereocenters. The molecule has 7 heteroatoms. The number of carbonyl (C=O) groups excluding carboxylic acids is 2. The Hall–Kier alpha value is -3.45. The Morgan fingerprint density at radius 1 is 1.12 bits per heavy atom. The molecule has 1 aromatic heterocycles. The average molecular weight is 450 g/mol. The van der Waals surface area contributed by atoms with E-state index in [-0.39, 0.29) is 42.7 Å². The van der Waals surface area contributed by atoms with Crippen LogP contribution in [0.1, 0.15) is 46.6 Å². The number of nitrogens with one attached hydrogen (secondary N) is 2. The fourth-order valence-electron chi connectivity index (χ4n) is 4.37. The Morgan fingerprint density at radius 2 is 1.94 bits per heavy atom. The standard InChI is InChI=1S/C26H28FN3O3/c1-17-12-13-19-20(9-5-10-22(19)27)25(17)28-16-24(31)30(2)23-11-4-3-8-21(23)26(32)29-15-18-7-6-14-33-18/h3-11,14,17,25,28H,12-13,15-16H2,1-2H3,(H,29,32)/t17-,25-/m0/s1. The molecule has 2 N–H and O–H groups in total. The van der Waals surface area contributed by atoms with Gasteiger partial charge < -0.3 is 20.0 Å². The molecule has 1 heterocycles.